The molecule has 2 aromatic carbocycles. The van der Waals surface area contributed by atoms with E-state index in [-0.39, 0.29) is 6.04 Å². The van der Waals surface area contributed by atoms with E-state index < -0.39 is 11.7 Å². The summed E-state index contributed by atoms with van der Waals surface area (Å²) in [6.45, 7) is 0. The lowest BCUT2D eigenvalue weighted by molar-refractivity contribution is -0.137. The molecule has 0 unspecified atom stereocenters. The predicted octanol–water partition coefficient (Wildman–Crippen LogP) is 4.28. The van der Waals surface area contributed by atoms with Crippen LogP contribution in [0.5, 0.6) is 0 Å². The molecule has 0 spiro atoms. The molecule has 0 aliphatic heterocycles. The number of hydrogen-bond donors (Lipinski definition) is 1. The predicted molar refractivity (Wildman–Crippen MR) is 72.7 cm³/mol. The van der Waals surface area contributed by atoms with Crippen LogP contribution in [0.3, 0.4) is 0 Å². The Hall–Kier alpha value is -1.97. The SMILES string of the molecule is FC(F)(F)c1cccc(NC2Cc3ccccc3C2)c1. The molecule has 0 fully saturated rings. The van der Waals surface area contributed by atoms with E-state index in [4.69, 9.17) is 0 Å². The summed E-state index contributed by atoms with van der Waals surface area (Å²) < 4.78 is 38.0. The molecule has 0 bridgehead atoms. The maximum atomic E-state index is 12.7. The minimum atomic E-state index is -4.30. The fourth-order valence-corrected chi connectivity index (χ4v) is 2.68. The molecule has 4 heteroatoms. The fourth-order valence-electron chi connectivity index (χ4n) is 2.68. The Morgan fingerprint density at radius 3 is 2.15 bits per heavy atom. The van der Waals surface area contributed by atoms with Gasteiger partial charge in [0.2, 0.25) is 0 Å². The Bertz CT molecular complexity index is 594. The summed E-state index contributed by atoms with van der Waals surface area (Å²) in [6.07, 6.45) is -2.59. The van der Waals surface area contributed by atoms with Crippen LogP contribution in [0.4, 0.5) is 18.9 Å². The largest absolute Gasteiger partial charge is 0.416 e. The molecular formula is C16H14F3N. The molecule has 0 heterocycles. The smallest absolute Gasteiger partial charge is 0.382 e. The van der Waals surface area contributed by atoms with E-state index in [1.807, 2.05) is 12.1 Å². The van der Waals surface area contributed by atoms with Gasteiger partial charge in [0, 0.05) is 11.7 Å². The number of anilines is 1. The van der Waals surface area contributed by atoms with Gasteiger partial charge in [0.1, 0.15) is 0 Å². The summed E-state index contributed by atoms with van der Waals surface area (Å²) in [6, 6.07) is 13.7. The van der Waals surface area contributed by atoms with Crippen molar-refractivity contribution in [1.82, 2.24) is 0 Å². The van der Waals surface area contributed by atoms with Crippen molar-refractivity contribution >= 4 is 5.69 Å². The molecule has 0 amide bonds. The third-order valence-corrected chi connectivity index (χ3v) is 3.61. The van der Waals surface area contributed by atoms with Crippen LogP contribution < -0.4 is 5.32 Å². The highest BCUT2D eigenvalue weighted by molar-refractivity contribution is 5.49. The van der Waals surface area contributed by atoms with Gasteiger partial charge in [-0.15, -0.1) is 0 Å². The molecule has 0 saturated heterocycles. The van der Waals surface area contributed by atoms with Crippen molar-refractivity contribution in [3.63, 3.8) is 0 Å². The van der Waals surface area contributed by atoms with Gasteiger partial charge in [0.15, 0.2) is 0 Å². The van der Waals surface area contributed by atoms with Gasteiger partial charge in [-0.3, -0.25) is 0 Å². The highest BCUT2D eigenvalue weighted by atomic mass is 19.4. The van der Waals surface area contributed by atoms with E-state index in [0.717, 1.165) is 18.9 Å². The lowest BCUT2D eigenvalue weighted by Crippen LogP contribution is -2.19. The molecule has 1 nitrogen and oxygen atoms in total. The number of hydrogen-bond acceptors (Lipinski definition) is 1. The molecule has 0 aromatic heterocycles. The lowest BCUT2D eigenvalue weighted by atomic mass is 10.1. The monoisotopic (exact) mass is 277 g/mol. The summed E-state index contributed by atoms with van der Waals surface area (Å²) in [5.74, 6) is 0. The Labute approximate surface area is 115 Å². The van der Waals surface area contributed by atoms with Gasteiger partial charge >= 0.3 is 6.18 Å². The molecular weight excluding hydrogens is 263 g/mol. The Balaban J connectivity index is 1.74. The van der Waals surface area contributed by atoms with Gasteiger partial charge in [0.05, 0.1) is 5.56 Å². The van der Waals surface area contributed by atoms with Gasteiger partial charge in [-0.05, 0) is 42.2 Å². The van der Waals surface area contributed by atoms with Crippen LogP contribution in [0.25, 0.3) is 0 Å². The van der Waals surface area contributed by atoms with Crippen LogP contribution in [-0.2, 0) is 19.0 Å². The van der Waals surface area contributed by atoms with Gasteiger partial charge < -0.3 is 5.32 Å². The molecule has 0 atom stereocenters. The van der Waals surface area contributed by atoms with Crippen molar-refractivity contribution in [2.75, 3.05) is 5.32 Å². The van der Waals surface area contributed by atoms with Gasteiger partial charge in [-0.25, -0.2) is 0 Å². The van der Waals surface area contributed by atoms with Gasteiger partial charge in [-0.2, -0.15) is 13.2 Å². The van der Waals surface area contributed by atoms with E-state index in [0.29, 0.717) is 5.69 Å². The maximum absolute atomic E-state index is 12.7. The van der Waals surface area contributed by atoms with E-state index >= 15 is 0 Å². The highest BCUT2D eigenvalue weighted by Crippen LogP contribution is 2.31. The number of benzene rings is 2. The van der Waals surface area contributed by atoms with E-state index in [1.54, 1.807) is 6.07 Å². The zero-order valence-corrected chi connectivity index (χ0v) is 10.7. The molecule has 1 N–H and O–H groups in total. The second-order valence-electron chi connectivity index (χ2n) is 5.10. The van der Waals surface area contributed by atoms with Crippen molar-refractivity contribution in [3.8, 4) is 0 Å². The number of nitrogens with one attached hydrogen (secondary N) is 1. The molecule has 2 aromatic rings. The highest BCUT2D eigenvalue weighted by Gasteiger charge is 2.30. The van der Waals surface area contributed by atoms with E-state index in [2.05, 4.69) is 17.4 Å². The Morgan fingerprint density at radius 1 is 0.900 bits per heavy atom. The topological polar surface area (TPSA) is 12.0 Å². The molecule has 1 aliphatic rings. The first-order valence-corrected chi connectivity index (χ1v) is 6.53. The summed E-state index contributed by atoms with van der Waals surface area (Å²) >= 11 is 0. The average molecular weight is 277 g/mol. The van der Waals surface area contributed by atoms with Crippen LogP contribution >= 0.6 is 0 Å². The second-order valence-corrected chi connectivity index (χ2v) is 5.10. The van der Waals surface area contributed by atoms with Crippen LogP contribution in [-0.4, -0.2) is 6.04 Å². The van der Waals surface area contributed by atoms with Crippen molar-refractivity contribution in [3.05, 3.63) is 65.2 Å². The van der Waals surface area contributed by atoms with Gasteiger partial charge in [0.25, 0.3) is 0 Å². The first kappa shape index (κ1) is 13.0. The molecule has 1 aliphatic carbocycles. The summed E-state index contributed by atoms with van der Waals surface area (Å²) in [7, 11) is 0. The van der Waals surface area contributed by atoms with E-state index in [1.165, 1.54) is 23.3 Å². The van der Waals surface area contributed by atoms with Crippen molar-refractivity contribution in [2.24, 2.45) is 0 Å². The molecule has 104 valence electrons. The molecule has 0 radical (unpaired) electrons. The van der Waals surface area contributed by atoms with Crippen LogP contribution in [0, 0.1) is 0 Å². The standard InChI is InChI=1S/C16H14F3N/c17-16(18,19)13-6-3-7-14(10-13)20-15-8-11-4-1-2-5-12(11)9-15/h1-7,10,15,20H,8-9H2. The zero-order chi connectivity index (χ0) is 14.2. The van der Waals surface area contributed by atoms with Crippen LogP contribution in [0.1, 0.15) is 16.7 Å². The lowest BCUT2D eigenvalue weighted by Gasteiger charge is -2.15. The molecule has 3 rings (SSSR count). The average Bonchev–Trinajstić information content (AvgIpc) is 2.80. The number of halogens is 3. The van der Waals surface area contributed by atoms with E-state index in [9.17, 15) is 13.2 Å². The quantitative estimate of drug-likeness (QED) is 0.863. The Kier molecular flexibility index (Phi) is 3.16. The first-order chi connectivity index (χ1) is 9.52. The van der Waals surface area contributed by atoms with Crippen LogP contribution in [0.2, 0.25) is 0 Å². The fraction of sp³-hybridized carbons (Fsp3) is 0.250. The molecule has 0 saturated carbocycles. The van der Waals surface area contributed by atoms with Crippen molar-refractivity contribution < 1.29 is 13.2 Å². The summed E-state index contributed by atoms with van der Waals surface area (Å²) in [5, 5.41) is 3.20. The third kappa shape index (κ3) is 2.64. The minimum absolute atomic E-state index is 0.163. The minimum Gasteiger partial charge on any atom is -0.382 e. The third-order valence-electron chi connectivity index (χ3n) is 3.61. The maximum Gasteiger partial charge on any atom is 0.416 e. The molecule has 20 heavy (non-hydrogen) atoms. The second kappa shape index (κ2) is 4.85. The normalized spacial score (nSPS) is 15.2. The first-order valence-electron chi connectivity index (χ1n) is 6.53. The summed E-state index contributed by atoms with van der Waals surface area (Å²) in [5.41, 5.74) is 2.46. The number of rotatable bonds is 2. The van der Waals surface area contributed by atoms with Crippen molar-refractivity contribution in [1.29, 1.82) is 0 Å². The number of alkyl halides is 3. The Morgan fingerprint density at radius 2 is 1.55 bits per heavy atom. The zero-order valence-electron chi connectivity index (χ0n) is 10.7. The van der Waals surface area contributed by atoms with Gasteiger partial charge in [-0.1, -0.05) is 30.3 Å². The summed E-state index contributed by atoms with van der Waals surface area (Å²) in [4.78, 5) is 0. The number of fused-ring (bicyclic) bond motifs is 1. The van der Waals surface area contributed by atoms with Crippen molar-refractivity contribution in [2.45, 2.75) is 25.1 Å². The van der Waals surface area contributed by atoms with Crippen LogP contribution in [0.15, 0.2) is 48.5 Å².